The Morgan fingerprint density at radius 2 is 1.73 bits per heavy atom. The first-order chi connectivity index (χ1) is 10.3. The monoisotopic (exact) mass is 323 g/mol. The molecule has 0 bridgehead atoms. The zero-order chi connectivity index (χ0) is 16.6. The highest BCUT2D eigenvalue weighted by Crippen LogP contribution is 2.12. The van der Waals surface area contributed by atoms with Gasteiger partial charge in [0.25, 0.3) is 0 Å². The maximum atomic E-state index is 12.1. The predicted octanol–water partition coefficient (Wildman–Crippen LogP) is 1.44. The lowest BCUT2D eigenvalue weighted by atomic mass is 10.2. The van der Waals surface area contributed by atoms with Crippen molar-refractivity contribution < 1.29 is 22.8 Å². The van der Waals surface area contributed by atoms with Gasteiger partial charge in [-0.1, -0.05) is 12.8 Å². The number of carbonyl (C=O) groups is 2. The molecule has 0 unspecified atom stereocenters. The highest BCUT2D eigenvalue weighted by atomic mass is 19.4. The van der Waals surface area contributed by atoms with Crippen molar-refractivity contribution in [2.75, 3.05) is 26.2 Å². The van der Waals surface area contributed by atoms with Gasteiger partial charge in [0, 0.05) is 25.6 Å². The molecule has 8 heteroatoms. The highest BCUT2D eigenvalue weighted by molar-refractivity contribution is 5.79. The normalized spacial score (nSPS) is 17.7. The number of amides is 2. The van der Waals surface area contributed by atoms with Gasteiger partial charge in [-0.2, -0.15) is 13.2 Å². The van der Waals surface area contributed by atoms with Crippen LogP contribution in [0.25, 0.3) is 0 Å². The summed E-state index contributed by atoms with van der Waals surface area (Å²) in [5.41, 5.74) is 0. The third kappa shape index (κ3) is 8.21. The Morgan fingerprint density at radius 1 is 1.14 bits per heavy atom. The molecule has 1 fully saturated rings. The lowest BCUT2D eigenvalue weighted by Crippen LogP contribution is -2.43. The standard InChI is InChI=1S/C14H24F3N3O2/c1-11(18-9-12(21)19-10-14(15,16)17)8-13(22)20-6-4-2-3-5-7-20/h11,18H,2-10H2,1H3,(H,19,21)/t11-/m0/s1. The van der Waals surface area contributed by atoms with Crippen LogP contribution < -0.4 is 10.6 Å². The van der Waals surface area contributed by atoms with Gasteiger partial charge in [0.05, 0.1) is 6.54 Å². The smallest absolute Gasteiger partial charge is 0.346 e. The van der Waals surface area contributed by atoms with Crippen LogP contribution in [0.5, 0.6) is 0 Å². The van der Waals surface area contributed by atoms with Gasteiger partial charge in [0.1, 0.15) is 6.54 Å². The zero-order valence-electron chi connectivity index (χ0n) is 12.8. The average Bonchev–Trinajstić information content (AvgIpc) is 2.71. The summed E-state index contributed by atoms with van der Waals surface area (Å²) in [5.74, 6) is -0.705. The predicted molar refractivity (Wildman–Crippen MR) is 76.2 cm³/mol. The molecule has 2 N–H and O–H groups in total. The molecule has 1 aliphatic heterocycles. The molecular weight excluding hydrogens is 299 g/mol. The van der Waals surface area contributed by atoms with Crippen molar-refractivity contribution >= 4 is 11.8 Å². The summed E-state index contributed by atoms with van der Waals surface area (Å²) in [5, 5.41) is 4.56. The van der Waals surface area contributed by atoms with Gasteiger partial charge in [-0.15, -0.1) is 0 Å². The summed E-state index contributed by atoms with van der Waals surface area (Å²) >= 11 is 0. The van der Waals surface area contributed by atoms with Crippen LogP contribution in [-0.4, -0.2) is 55.1 Å². The Balaban J connectivity index is 2.23. The Kier molecular flexibility index (Phi) is 7.64. The lowest BCUT2D eigenvalue weighted by molar-refractivity contribution is -0.138. The van der Waals surface area contributed by atoms with Crippen molar-refractivity contribution in [3.05, 3.63) is 0 Å². The molecule has 1 aliphatic rings. The molecule has 2 amide bonds. The van der Waals surface area contributed by atoms with E-state index in [2.05, 4.69) is 5.32 Å². The van der Waals surface area contributed by atoms with Crippen LogP contribution in [0.4, 0.5) is 13.2 Å². The first-order valence-electron chi connectivity index (χ1n) is 7.62. The molecule has 0 aliphatic carbocycles. The number of hydrogen-bond donors (Lipinski definition) is 2. The summed E-state index contributed by atoms with van der Waals surface area (Å²) in [6, 6.07) is -0.257. The first kappa shape index (κ1) is 18.7. The van der Waals surface area contributed by atoms with E-state index >= 15 is 0 Å². The molecule has 0 spiro atoms. The van der Waals surface area contributed by atoms with Gasteiger partial charge in [-0.05, 0) is 19.8 Å². The van der Waals surface area contributed by atoms with E-state index in [0.717, 1.165) is 38.8 Å². The van der Waals surface area contributed by atoms with Gasteiger partial charge in [0.15, 0.2) is 0 Å². The second-order valence-corrected chi connectivity index (χ2v) is 5.67. The molecule has 1 heterocycles. The summed E-state index contributed by atoms with van der Waals surface area (Å²) < 4.78 is 35.8. The first-order valence-corrected chi connectivity index (χ1v) is 7.62. The molecule has 5 nitrogen and oxygen atoms in total. The van der Waals surface area contributed by atoms with Crippen molar-refractivity contribution in [1.82, 2.24) is 15.5 Å². The molecule has 0 saturated carbocycles. The fraction of sp³-hybridized carbons (Fsp3) is 0.857. The molecule has 0 aromatic carbocycles. The summed E-state index contributed by atoms with van der Waals surface area (Å²) in [7, 11) is 0. The Hall–Kier alpha value is -1.31. The fourth-order valence-corrected chi connectivity index (χ4v) is 2.31. The molecule has 1 rings (SSSR count). The van der Waals surface area contributed by atoms with E-state index in [-0.39, 0.29) is 24.9 Å². The fourth-order valence-electron chi connectivity index (χ4n) is 2.31. The van der Waals surface area contributed by atoms with Crippen LogP contribution in [0.15, 0.2) is 0 Å². The third-order valence-corrected chi connectivity index (χ3v) is 3.54. The van der Waals surface area contributed by atoms with Crippen LogP contribution in [0, 0.1) is 0 Å². The van der Waals surface area contributed by atoms with Crippen molar-refractivity contribution in [3.63, 3.8) is 0 Å². The minimum Gasteiger partial charge on any atom is -0.346 e. The molecule has 22 heavy (non-hydrogen) atoms. The van der Waals surface area contributed by atoms with Gasteiger partial charge >= 0.3 is 6.18 Å². The number of halogens is 3. The topological polar surface area (TPSA) is 61.4 Å². The number of alkyl halides is 3. The molecule has 128 valence electrons. The largest absolute Gasteiger partial charge is 0.405 e. The van der Waals surface area contributed by atoms with Crippen LogP contribution in [0.2, 0.25) is 0 Å². The van der Waals surface area contributed by atoms with Crippen molar-refractivity contribution in [3.8, 4) is 0 Å². The van der Waals surface area contributed by atoms with Gasteiger partial charge in [0.2, 0.25) is 11.8 Å². The van der Waals surface area contributed by atoms with Gasteiger partial charge < -0.3 is 15.5 Å². The van der Waals surface area contributed by atoms with E-state index in [1.165, 1.54) is 0 Å². The number of hydrogen-bond acceptors (Lipinski definition) is 3. The van der Waals surface area contributed by atoms with Gasteiger partial charge in [-0.25, -0.2) is 0 Å². The van der Waals surface area contributed by atoms with Crippen LogP contribution in [-0.2, 0) is 9.59 Å². The molecule has 1 saturated heterocycles. The molecule has 0 radical (unpaired) electrons. The second kappa shape index (κ2) is 8.97. The molecule has 1 atom stereocenters. The summed E-state index contributed by atoms with van der Waals surface area (Å²) in [6.07, 6.45) is 0.116. The zero-order valence-corrected chi connectivity index (χ0v) is 12.8. The van der Waals surface area contributed by atoms with Crippen LogP contribution >= 0.6 is 0 Å². The minimum atomic E-state index is -4.41. The summed E-state index contributed by atoms with van der Waals surface area (Å²) in [4.78, 5) is 25.2. The molecular formula is C14H24F3N3O2. The number of carbonyl (C=O) groups excluding carboxylic acids is 2. The minimum absolute atomic E-state index is 0.0256. The van der Waals surface area contributed by atoms with E-state index in [9.17, 15) is 22.8 Å². The summed E-state index contributed by atoms with van der Waals surface area (Å²) in [6.45, 7) is 1.70. The molecule has 0 aromatic rings. The maximum Gasteiger partial charge on any atom is 0.405 e. The number of rotatable bonds is 6. The van der Waals surface area contributed by atoms with Crippen LogP contribution in [0.3, 0.4) is 0 Å². The lowest BCUT2D eigenvalue weighted by Gasteiger charge is -2.22. The Morgan fingerprint density at radius 3 is 2.27 bits per heavy atom. The maximum absolute atomic E-state index is 12.1. The Bertz CT molecular complexity index is 367. The molecule has 0 aromatic heterocycles. The van der Waals surface area contributed by atoms with E-state index in [1.807, 2.05) is 4.90 Å². The van der Waals surface area contributed by atoms with E-state index in [4.69, 9.17) is 0 Å². The highest BCUT2D eigenvalue weighted by Gasteiger charge is 2.27. The number of nitrogens with one attached hydrogen (secondary N) is 2. The van der Waals surface area contributed by atoms with Crippen molar-refractivity contribution in [2.45, 2.75) is 51.2 Å². The van der Waals surface area contributed by atoms with Crippen molar-refractivity contribution in [1.29, 1.82) is 0 Å². The van der Waals surface area contributed by atoms with Crippen molar-refractivity contribution in [2.24, 2.45) is 0 Å². The second-order valence-electron chi connectivity index (χ2n) is 5.67. The average molecular weight is 323 g/mol. The van der Waals surface area contributed by atoms with Gasteiger partial charge in [-0.3, -0.25) is 9.59 Å². The Labute approximate surface area is 128 Å². The third-order valence-electron chi connectivity index (χ3n) is 3.54. The van der Waals surface area contributed by atoms with E-state index < -0.39 is 18.6 Å². The number of nitrogens with zero attached hydrogens (tertiary/aromatic N) is 1. The van der Waals surface area contributed by atoms with E-state index in [1.54, 1.807) is 12.2 Å². The quantitative estimate of drug-likeness (QED) is 0.777. The number of likely N-dealkylation sites (tertiary alicyclic amines) is 1. The SMILES string of the molecule is C[C@@H](CC(=O)N1CCCCCC1)NCC(=O)NCC(F)(F)F. The van der Waals surface area contributed by atoms with Crippen LogP contribution in [0.1, 0.15) is 39.0 Å². The van der Waals surface area contributed by atoms with E-state index in [0.29, 0.717) is 0 Å².